The van der Waals surface area contributed by atoms with Gasteiger partial charge >= 0.3 is 0 Å². The summed E-state index contributed by atoms with van der Waals surface area (Å²) in [7, 11) is 0. The fourth-order valence-electron chi connectivity index (χ4n) is 3.37. The lowest BCUT2D eigenvalue weighted by Gasteiger charge is -2.32. The van der Waals surface area contributed by atoms with Crippen molar-refractivity contribution in [2.75, 3.05) is 26.2 Å². The highest BCUT2D eigenvalue weighted by Crippen LogP contribution is 2.24. The Morgan fingerprint density at radius 1 is 1.11 bits per heavy atom. The molecule has 0 aliphatic carbocycles. The summed E-state index contributed by atoms with van der Waals surface area (Å²) < 4.78 is 0. The summed E-state index contributed by atoms with van der Waals surface area (Å²) in [5, 5.41) is 0. The predicted octanol–water partition coefficient (Wildman–Crippen LogP) is 2.27. The minimum Gasteiger partial charge on any atom is -0.326 e. The zero-order valence-electron chi connectivity index (χ0n) is 11.7. The fourth-order valence-corrected chi connectivity index (χ4v) is 4.31. The Morgan fingerprint density at radius 2 is 1.89 bits per heavy atom. The molecule has 3 heterocycles. The lowest BCUT2D eigenvalue weighted by molar-refractivity contribution is 0.161. The van der Waals surface area contributed by atoms with Crippen molar-refractivity contribution in [1.82, 2.24) is 9.80 Å². The van der Waals surface area contributed by atoms with Gasteiger partial charge < -0.3 is 5.73 Å². The average molecular weight is 279 g/mol. The van der Waals surface area contributed by atoms with E-state index in [1.54, 1.807) is 0 Å². The molecule has 2 fully saturated rings. The van der Waals surface area contributed by atoms with E-state index >= 15 is 0 Å². The third kappa shape index (κ3) is 3.37. The van der Waals surface area contributed by atoms with E-state index in [9.17, 15) is 0 Å². The van der Waals surface area contributed by atoms with Crippen molar-refractivity contribution in [3.05, 3.63) is 21.9 Å². The third-order valence-corrected chi connectivity index (χ3v) is 5.54. The molecule has 2 aliphatic rings. The molecule has 4 heteroatoms. The number of hydrogen-bond donors (Lipinski definition) is 1. The Morgan fingerprint density at radius 3 is 2.63 bits per heavy atom. The minimum absolute atomic E-state index is 0.682. The van der Waals surface area contributed by atoms with Crippen LogP contribution in [-0.2, 0) is 13.1 Å². The van der Waals surface area contributed by atoms with Crippen LogP contribution in [-0.4, -0.2) is 42.0 Å². The number of nitrogens with two attached hydrogens (primary N) is 1. The first-order valence-electron chi connectivity index (χ1n) is 7.59. The molecular weight excluding hydrogens is 254 g/mol. The summed E-state index contributed by atoms with van der Waals surface area (Å²) in [4.78, 5) is 8.12. The molecule has 1 aromatic heterocycles. The minimum atomic E-state index is 0.682. The Labute approximate surface area is 120 Å². The number of likely N-dealkylation sites (tertiary alicyclic amines) is 2. The molecule has 3 nitrogen and oxygen atoms in total. The quantitative estimate of drug-likeness (QED) is 0.917. The Balaban J connectivity index is 1.51. The topological polar surface area (TPSA) is 32.5 Å². The molecule has 1 aromatic rings. The van der Waals surface area contributed by atoms with Crippen LogP contribution < -0.4 is 5.73 Å². The van der Waals surface area contributed by atoms with Gasteiger partial charge in [0.25, 0.3) is 0 Å². The maximum Gasteiger partial charge on any atom is 0.0328 e. The fraction of sp³-hybridized carbons (Fsp3) is 0.733. The van der Waals surface area contributed by atoms with E-state index in [-0.39, 0.29) is 0 Å². The van der Waals surface area contributed by atoms with E-state index < -0.39 is 0 Å². The van der Waals surface area contributed by atoms with Crippen molar-refractivity contribution < 1.29 is 0 Å². The summed E-state index contributed by atoms with van der Waals surface area (Å²) in [5.74, 6) is 0. The second kappa shape index (κ2) is 6.35. The Hall–Kier alpha value is -0.420. The van der Waals surface area contributed by atoms with Gasteiger partial charge in [0.05, 0.1) is 0 Å². The van der Waals surface area contributed by atoms with Crippen molar-refractivity contribution in [2.24, 2.45) is 5.73 Å². The molecule has 2 N–H and O–H groups in total. The van der Waals surface area contributed by atoms with Crippen LogP contribution in [0.1, 0.15) is 35.4 Å². The van der Waals surface area contributed by atoms with Gasteiger partial charge in [-0.3, -0.25) is 9.80 Å². The van der Waals surface area contributed by atoms with Crippen LogP contribution >= 0.6 is 11.3 Å². The van der Waals surface area contributed by atoms with Gasteiger partial charge in [-0.15, -0.1) is 11.3 Å². The molecule has 19 heavy (non-hydrogen) atoms. The van der Waals surface area contributed by atoms with Crippen LogP contribution in [0.15, 0.2) is 12.1 Å². The second-order valence-electron chi connectivity index (χ2n) is 5.85. The average Bonchev–Trinajstić information content (AvgIpc) is 3.09. The van der Waals surface area contributed by atoms with Gasteiger partial charge in [0, 0.05) is 42.0 Å². The maximum absolute atomic E-state index is 5.68. The number of hydrogen-bond acceptors (Lipinski definition) is 4. The molecule has 2 aliphatic heterocycles. The van der Waals surface area contributed by atoms with Gasteiger partial charge in [0.2, 0.25) is 0 Å². The summed E-state index contributed by atoms with van der Waals surface area (Å²) in [6.07, 6.45) is 5.60. The second-order valence-corrected chi connectivity index (χ2v) is 7.10. The molecule has 1 unspecified atom stereocenters. The van der Waals surface area contributed by atoms with Crippen LogP contribution in [0.4, 0.5) is 0 Å². The Kier molecular flexibility index (Phi) is 4.53. The molecule has 0 bridgehead atoms. The van der Waals surface area contributed by atoms with Crippen LogP contribution in [0.3, 0.4) is 0 Å². The molecule has 106 valence electrons. The van der Waals surface area contributed by atoms with Crippen molar-refractivity contribution >= 4 is 11.3 Å². The third-order valence-electron chi connectivity index (χ3n) is 4.45. The van der Waals surface area contributed by atoms with Crippen molar-refractivity contribution in [1.29, 1.82) is 0 Å². The van der Waals surface area contributed by atoms with Crippen LogP contribution in [0, 0.1) is 0 Å². The molecule has 3 rings (SSSR count). The summed E-state index contributed by atoms with van der Waals surface area (Å²) in [6, 6.07) is 5.24. The highest BCUT2D eigenvalue weighted by molar-refractivity contribution is 7.11. The number of thiophene rings is 1. The van der Waals surface area contributed by atoms with Gasteiger partial charge in [-0.1, -0.05) is 6.42 Å². The molecule has 0 saturated carbocycles. The zero-order valence-corrected chi connectivity index (χ0v) is 12.5. The van der Waals surface area contributed by atoms with E-state index in [1.165, 1.54) is 61.6 Å². The highest BCUT2D eigenvalue weighted by atomic mass is 32.1. The first kappa shape index (κ1) is 13.6. The molecule has 2 saturated heterocycles. The smallest absolute Gasteiger partial charge is 0.0328 e. The van der Waals surface area contributed by atoms with Gasteiger partial charge in [-0.05, 0) is 44.5 Å². The van der Waals surface area contributed by atoms with Crippen molar-refractivity contribution in [2.45, 2.75) is 44.8 Å². The van der Waals surface area contributed by atoms with Gasteiger partial charge in [-0.2, -0.15) is 0 Å². The van der Waals surface area contributed by atoms with Gasteiger partial charge in [0.15, 0.2) is 0 Å². The van der Waals surface area contributed by atoms with Crippen molar-refractivity contribution in [3.8, 4) is 0 Å². The highest BCUT2D eigenvalue weighted by Gasteiger charge is 2.28. The van der Waals surface area contributed by atoms with E-state index in [0.717, 1.165) is 12.6 Å². The molecule has 0 aromatic carbocycles. The molecule has 0 spiro atoms. The van der Waals surface area contributed by atoms with Gasteiger partial charge in [0.1, 0.15) is 0 Å². The number of rotatable bonds is 4. The van der Waals surface area contributed by atoms with Crippen molar-refractivity contribution in [3.63, 3.8) is 0 Å². The first-order chi connectivity index (χ1) is 9.35. The molecule has 0 amide bonds. The number of piperidine rings is 1. The predicted molar refractivity (Wildman–Crippen MR) is 81.3 cm³/mol. The molecule has 0 radical (unpaired) electrons. The largest absolute Gasteiger partial charge is 0.326 e. The standard InChI is InChI=1S/C15H25N3S/c16-10-14-4-5-15(19-14)12-17-9-6-13(11-17)18-7-2-1-3-8-18/h4-5,13H,1-3,6-12,16H2. The maximum atomic E-state index is 5.68. The molecule has 1 atom stereocenters. The first-order valence-corrected chi connectivity index (χ1v) is 8.41. The van der Waals surface area contributed by atoms with Gasteiger partial charge in [-0.25, -0.2) is 0 Å². The SMILES string of the molecule is NCc1ccc(CN2CCC(N3CCCCC3)C2)s1. The van der Waals surface area contributed by atoms with Crippen LogP contribution in [0.5, 0.6) is 0 Å². The summed E-state index contributed by atoms with van der Waals surface area (Å²) in [6.45, 7) is 6.98. The van der Waals surface area contributed by atoms with Crippen LogP contribution in [0.2, 0.25) is 0 Å². The van der Waals surface area contributed by atoms with E-state index in [4.69, 9.17) is 5.73 Å². The summed E-state index contributed by atoms with van der Waals surface area (Å²) in [5.41, 5.74) is 5.68. The molecular formula is C15H25N3S. The summed E-state index contributed by atoms with van der Waals surface area (Å²) >= 11 is 1.88. The van der Waals surface area contributed by atoms with E-state index in [1.807, 2.05) is 11.3 Å². The lowest BCUT2D eigenvalue weighted by atomic mass is 10.1. The normalized spacial score (nSPS) is 26.1. The lowest BCUT2D eigenvalue weighted by Crippen LogP contribution is -2.40. The monoisotopic (exact) mass is 279 g/mol. The zero-order chi connectivity index (χ0) is 13.1. The Bertz CT molecular complexity index is 398. The number of nitrogens with zero attached hydrogens (tertiary/aromatic N) is 2. The van der Waals surface area contributed by atoms with E-state index in [2.05, 4.69) is 21.9 Å². The van der Waals surface area contributed by atoms with E-state index in [0.29, 0.717) is 6.54 Å². The van der Waals surface area contributed by atoms with Crippen LogP contribution in [0.25, 0.3) is 0 Å².